The number of nitrogens with one attached hydrogen (secondary N) is 3. The molecule has 0 aromatic carbocycles. The lowest BCUT2D eigenvalue weighted by atomic mass is 9.95. The van der Waals surface area contributed by atoms with Crippen molar-refractivity contribution in [1.29, 1.82) is 0 Å². The van der Waals surface area contributed by atoms with Gasteiger partial charge in [0.2, 0.25) is 0 Å². The molecule has 0 spiro atoms. The molecule has 0 aromatic rings. The minimum atomic E-state index is 0.638. The molecule has 0 radical (unpaired) electrons. The zero-order valence-corrected chi connectivity index (χ0v) is 16.9. The average molecular weight is 363 g/mol. The minimum Gasteiger partial charge on any atom is -0.354 e. The Morgan fingerprint density at radius 2 is 1.08 bits per heavy atom. The quantitative estimate of drug-likeness (QED) is 0.355. The first-order valence-corrected chi connectivity index (χ1v) is 11.7. The molecule has 3 rings (SSSR count). The maximum Gasteiger partial charge on any atom is 0.191 e. The van der Waals surface area contributed by atoms with Gasteiger partial charge in [-0.2, -0.15) is 0 Å². The molecule has 3 aliphatic carbocycles. The Morgan fingerprint density at radius 1 is 0.615 bits per heavy atom. The van der Waals surface area contributed by atoms with Gasteiger partial charge in [-0.3, -0.25) is 4.99 Å². The van der Waals surface area contributed by atoms with Gasteiger partial charge in [0.15, 0.2) is 5.96 Å². The van der Waals surface area contributed by atoms with Crippen LogP contribution in [0.15, 0.2) is 4.99 Å². The molecular weight excluding hydrogens is 320 g/mol. The van der Waals surface area contributed by atoms with E-state index >= 15 is 0 Å². The summed E-state index contributed by atoms with van der Waals surface area (Å²) >= 11 is 0. The second-order valence-corrected chi connectivity index (χ2v) is 8.83. The first-order chi connectivity index (χ1) is 12.9. The van der Waals surface area contributed by atoms with Gasteiger partial charge in [0.1, 0.15) is 0 Å². The van der Waals surface area contributed by atoms with Crippen molar-refractivity contribution < 1.29 is 0 Å². The number of guanidine groups is 1. The number of rotatable bonds is 7. The summed E-state index contributed by atoms with van der Waals surface area (Å²) in [6, 6.07) is 2.05. The van der Waals surface area contributed by atoms with E-state index in [0.717, 1.165) is 31.5 Å². The van der Waals surface area contributed by atoms with E-state index in [1.165, 1.54) is 96.3 Å². The van der Waals surface area contributed by atoms with Crippen molar-refractivity contribution in [2.24, 2.45) is 4.99 Å². The van der Waals surface area contributed by atoms with Crippen LogP contribution in [0.4, 0.5) is 0 Å². The number of hydrogen-bond acceptors (Lipinski definition) is 2. The lowest BCUT2D eigenvalue weighted by molar-refractivity contribution is 0.372. The van der Waals surface area contributed by atoms with Crippen molar-refractivity contribution in [1.82, 2.24) is 16.0 Å². The zero-order valence-electron chi connectivity index (χ0n) is 16.9. The fourth-order valence-electron chi connectivity index (χ4n) is 4.90. The van der Waals surface area contributed by atoms with Crippen molar-refractivity contribution in [2.75, 3.05) is 13.1 Å². The van der Waals surface area contributed by atoms with Crippen LogP contribution >= 0.6 is 0 Å². The number of aliphatic imine (C=N–C) groups is 1. The summed E-state index contributed by atoms with van der Waals surface area (Å²) in [6.45, 7) is 2.06. The number of nitrogens with zero attached hydrogens (tertiary/aromatic N) is 1. The van der Waals surface area contributed by atoms with Crippen LogP contribution in [-0.2, 0) is 0 Å². The van der Waals surface area contributed by atoms with Gasteiger partial charge in [-0.25, -0.2) is 0 Å². The molecule has 4 nitrogen and oxygen atoms in total. The Balaban J connectivity index is 1.40. The van der Waals surface area contributed by atoms with Crippen molar-refractivity contribution in [2.45, 2.75) is 121 Å². The van der Waals surface area contributed by atoms with Crippen molar-refractivity contribution in [3.8, 4) is 0 Å². The Bertz CT molecular complexity index is 369. The normalized spacial score (nSPS) is 23.5. The smallest absolute Gasteiger partial charge is 0.191 e. The largest absolute Gasteiger partial charge is 0.354 e. The molecule has 3 saturated carbocycles. The fourth-order valence-corrected chi connectivity index (χ4v) is 4.90. The van der Waals surface area contributed by atoms with Gasteiger partial charge in [0, 0.05) is 24.7 Å². The molecular formula is C22H42N4. The highest BCUT2D eigenvalue weighted by atomic mass is 15.2. The molecule has 4 heteroatoms. The standard InChI is InChI=1S/C22H42N4/c1-4-11-19(12-5-1)23-17-10-18-24-22(25-20-13-6-2-7-14-20)26-21-15-8-3-9-16-21/h19-21,23H,1-18H2,(H2,24,25,26). The van der Waals surface area contributed by atoms with Gasteiger partial charge in [0.05, 0.1) is 0 Å². The second-order valence-electron chi connectivity index (χ2n) is 8.83. The Kier molecular flexibility index (Phi) is 9.10. The van der Waals surface area contributed by atoms with Crippen molar-refractivity contribution in [3.05, 3.63) is 0 Å². The van der Waals surface area contributed by atoms with Crippen LogP contribution in [0.5, 0.6) is 0 Å². The molecule has 3 N–H and O–H groups in total. The average Bonchev–Trinajstić information content (AvgIpc) is 2.70. The summed E-state index contributed by atoms with van der Waals surface area (Å²) in [6.07, 6.45) is 21.7. The van der Waals surface area contributed by atoms with Crippen LogP contribution in [-0.4, -0.2) is 37.2 Å². The van der Waals surface area contributed by atoms with Crippen LogP contribution in [0.25, 0.3) is 0 Å². The molecule has 0 saturated heterocycles. The van der Waals surface area contributed by atoms with E-state index in [1.807, 2.05) is 0 Å². The van der Waals surface area contributed by atoms with E-state index in [-0.39, 0.29) is 0 Å². The Labute approximate surface area is 161 Å². The molecule has 0 heterocycles. The van der Waals surface area contributed by atoms with Gasteiger partial charge >= 0.3 is 0 Å². The van der Waals surface area contributed by atoms with E-state index in [0.29, 0.717) is 12.1 Å². The van der Waals surface area contributed by atoms with Crippen LogP contribution in [0, 0.1) is 0 Å². The summed E-state index contributed by atoms with van der Waals surface area (Å²) in [4.78, 5) is 4.95. The molecule has 0 aliphatic heterocycles. The van der Waals surface area contributed by atoms with Crippen molar-refractivity contribution in [3.63, 3.8) is 0 Å². The lowest BCUT2D eigenvalue weighted by Crippen LogP contribution is -2.48. The third-order valence-corrected chi connectivity index (χ3v) is 6.54. The highest BCUT2D eigenvalue weighted by Gasteiger charge is 2.18. The third kappa shape index (κ3) is 7.46. The van der Waals surface area contributed by atoms with Crippen LogP contribution < -0.4 is 16.0 Å². The van der Waals surface area contributed by atoms with Gasteiger partial charge in [0.25, 0.3) is 0 Å². The van der Waals surface area contributed by atoms with Crippen molar-refractivity contribution >= 4 is 5.96 Å². The Morgan fingerprint density at radius 3 is 1.58 bits per heavy atom. The summed E-state index contributed by atoms with van der Waals surface area (Å²) < 4.78 is 0. The first kappa shape index (κ1) is 20.0. The van der Waals surface area contributed by atoms with Crippen LogP contribution in [0.2, 0.25) is 0 Å². The molecule has 0 bridgehead atoms. The van der Waals surface area contributed by atoms with E-state index in [4.69, 9.17) is 4.99 Å². The maximum absolute atomic E-state index is 4.95. The van der Waals surface area contributed by atoms with E-state index in [9.17, 15) is 0 Å². The molecule has 150 valence electrons. The molecule has 0 atom stereocenters. The Hall–Kier alpha value is -0.770. The topological polar surface area (TPSA) is 48.5 Å². The first-order valence-electron chi connectivity index (χ1n) is 11.7. The van der Waals surface area contributed by atoms with Gasteiger partial charge in [-0.1, -0.05) is 57.8 Å². The maximum atomic E-state index is 4.95. The SMILES string of the molecule is C1CCC(NCCCN=C(NC2CCCCC2)NC2CCCCC2)CC1. The minimum absolute atomic E-state index is 0.638. The molecule has 3 aliphatic rings. The van der Waals surface area contributed by atoms with Crippen LogP contribution in [0.1, 0.15) is 103 Å². The molecule has 26 heavy (non-hydrogen) atoms. The fraction of sp³-hybridized carbons (Fsp3) is 0.955. The van der Waals surface area contributed by atoms with Crippen LogP contribution in [0.3, 0.4) is 0 Å². The van der Waals surface area contributed by atoms with Gasteiger partial charge in [-0.15, -0.1) is 0 Å². The summed E-state index contributed by atoms with van der Waals surface area (Å²) in [5, 5.41) is 11.3. The lowest BCUT2D eigenvalue weighted by Gasteiger charge is -2.29. The molecule has 0 unspecified atom stereocenters. The highest BCUT2D eigenvalue weighted by molar-refractivity contribution is 5.80. The van der Waals surface area contributed by atoms with Gasteiger partial charge < -0.3 is 16.0 Å². The van der Waals surface area contributed by atoms with Gasteiger partial charge in [-0.05, 0) is 51.5 Å². The predicted octanol–water partition coefficient (Wildman–Crippen LogP) is 4.50. The zero-order chi connectivity index (χ0) is 17.9. The second kappa shape index (κ2) is 11.8. The predicted molar refractivity (Wildman–Crippen MR) is 112 cm³/mol. The van der Waals surface area contributed by atoms with E-state index in [1.54, 1.807) is 0 Å². The third-order valence-electron chi connectivity index (χ3n) is 6.54. The molecule has 0 amide bonds. The highest BCUT2D eigenvalue weighted by Crippen LogP contribution is 2.19. The monoisotopic (exact) mass is 362 g/mol. The molecule has 0 aromatic heterocycles. The number of hydrogen-bond donors (Lipinski definition) is 3. The summed E-state index contributed by atoms with van der Waals surface area (Å²) in [5.41, 5.74) is 0. The van der Waals surface area contributed by atoms with E-state index < -0.39 is 0 Å². The summed E-state index contributed by atoms with van der Waals surface area (Å²) in [7, 11) is 0. The summed E-state index contributed by atoms with van der Waals surface area (Å²) in [5.74, 6) is 1.10. The molecule has 3 fully saturated rings. The van der Waals surface area contributed by atoms with E-state index in [2.05, 4.69) is 16.0 Å².